The van der Waals surface area contributed by atoms with Crippen LogP contribution in [0.15, 0.2) is 5.38 Å². The first-order valence-electron chi connectivity index (χ1n) is 6.69. The van der Waals surface area contributed by atoms with Gasteiger partial charge in [-0.05, 0) is 32.7 Å². The zero-order chi connectivity index (χ0) is 12.4. The number of thiazole rings is 1. The Bertz CT molecular complexity index is 396. The van der Waals surface area contributed by atoms with Crippen LogP contribution in [0.3, 0.4) is 0 Å². The molecule has 0 unspecified atom stereocenters. The van der Waals surface area contributed by atoms with Crippen molar-refractivity contribution < 1.29 is 9.47 Å². The van der Waals surface area contributed by atoms with Crippen LogP contribution in [0.5, 0.6) is 0 Å². The number of rotatable bonds is 4. The smallest absolute Gasteiger partial charge is 0.0898 e. The van der Waals surface area contributed by atoms with Crippen molar-refractivity contribution >= 4 is 11.3 Å². The molecule has 2 aliphatic rings. The Labute approximate surface area is 112 Å². The van der Waals surface area contributed by atoms with Crippen molar-refractivity contribution in [2.24, 2.45) is 0 Å². The fourth-order valence-corrected chi connectivity index (χ4v) is 3.36. The lowest BCUT2D eigenvalue weighted by Crippen LogP contribution is -2.41. The minimum atomic E-state index is 0.269. The fourth-order valence-electron chi connectivity index (χ4n) is 2.77. The lowest BCUT2D eigenvalue weighted by molar-refractivity contribution is -0.0911. The van der Waals surface area contributed by atoms with Crippen LogP contribution in [0, 0.1) is 6.92 Å². The molecule has 2 saturated heterocycles. The van der Waals surface area contributed by atoms with Gasteiger partial charge in [-0.15, -0.1) is 11.3 Å². The van der Waals surface area contributed by atoms with E-state index in [0.29, 0.717) is 25.4 Å². The molecule has 0 aromatic carbocycles. The first kappa shape index (κ1) is 12.5. The number of nitrogens with one attached hydrogen (secondary N) is 1. The van der Waals surface area contributed by atoms with Crippen LogP contribution in [0.1, 0.15) is 30.0 Å². The molecule has 3 atom stereocenters. The summed E-state index contributed by atoms with van der Waals surface area (Å²) in [4.78, 5) is 4.39. The molecule has 4 nitrogen and oxygen atoms in total. The molecule has 0 bridgehead atoms. The van der Waals surface area contributed by atoms with Gasteiger partial charge in [0.2, 0.25) is 0 Å². The molecule has 2 fully saturated rings. The molecule has 1 aromatic heterocycles. The maximum atomic E-state index is 6.05. The minimum Gasteiger partial charge on any atom is -0.372 e. The van der Waals surface area contributed by atoms with E-state index in [4.69, 9.17) is 9.47 Å². The second-order valence-corrected chi connectivity index (χ2v) is 6.16. The number of aromatic nitrogens is 1. The second kappa shape index (κ2) is 5.65. The quantitative estimate of drug-likeness (QED) is 0.905. The van der Waals surface area contributed by atoms with E-state index in [9.17, 15) is 0 Å². The second-order valence-electron chi connectivity index (χ2n) is 5.10. The zero-order valence-corrected chi connectivity index (χ0v) is 11.5. The molecule has 3 heterocycles. The molecule has 100 valence electrons. The van der Waals surface area contributed by atoms with Crippen LogP contribution in [0.25, 0.3) is 0 Å². The first-order valence-corrected chi connectivity index (χ1v) is 7.57. The minimum absolute atomic E-state index is 0.269. The Kier molecular flexibility index (Phi) is 3.94. The molecule has 0 saturated carbocycles. The van der Waals surface area contributed by atoms with Gasteiger partial charge in [0.1, 0.15) is 0 Å². The summed E-state index contributed by atoms with van der Waals surface area (Å²) >= 11 is 1.67. The number of hydrogen-bond donors (Lipinski definition) is 1. The molecule has 0 amide bonds. The van der Waals surface area contributed by atoms with Gasteiger partial charge in [-0.1, -0.05) is 0 Å². The topological polar surface area (TPSA) is 43.4 Å². The number of nitrogens with zero attached hydrogens (tertiary/aromatic N) is 1. The number of ether oxygens (including phenoxy) is 2. The summed E-state index contributed by atoms with van der Waals surface area (Å²) in [6, 6.07) is 0.586. The van der Waals surface area contributed by atoms with Gasteiger partial charge in [-0.25, -0.2) is 4.98 Å². The van der Waals surface area contributed by atoms with E-state index in [0.717, 1.165) is 30.1 Å². The lowest BCUT2D eigenvalue weighted by atomic mass is 10.0. The number of fused-ring (bicyclic) bond motifs is 1. The standard InChI is InChI=1S/C13H20N2O2S/c1-9-15-10(8-18-9)6-16-7-11-2-3-12-13(17-11)4-5-14-12/h8,11-14H,2-7H2,1H3/t11-,12-,13-/m0/s1. The van der Waals surface area contributed by atoms with Crippen LogP contribution >= 0.6 is 11.3 Å². The molecular formula is C13H20N2O2S. The third-order valence-electron chi connectivity index (χ3n) is 3.67. The summed E-state index contributed by atoms with van der Waals surface area (Å²) < 4.78 is 11.8. The van der Waals surface area contributed by atoms with Gasteiger partial charge in [-0.3, -0.25) is 0 Å². The fraction of sp³-hybridized carbons (Fsp3) is 0.769. The van der Waals surface area contributed by atoms with Gasteiger partial charge in [0, 0.05) is 11.4 Å². The highest BCUT2D eigenvalue weighted by Crippen LogP contribution is 2.25. The molecule has 3 rings (SSSR count). The molecule has 1 aromatic rings. The number of aryl methyl sites for hydroxylation is 1. The van der Waals surface area contributed by atoms with Gasteiger partial charge in [0.05, 0.1) is 36.1 Å². The third-order valence-corrected chi connectivity index (χ3v) is 4.49. The van der Waals surface area contributed by atoms with Crippen molar-refractivity contribution in [3.8, 4) is 0 Å². The zero-order valence-electron chi connectivity index (χ0n) is 10.7. The molecule has 5 heteroatoms. The van der Waals surface area contributed by atoms with Crippen LogP contribution < -0.4 is 5.32 Å². The Morgan fingerprint density at radius 1 is 1.50 bits per heavy atom. The summed E-state index contributed by atoms with van der Waals surface area (Å²) in [7, 11) is 0. The van der Waals surface area contributed by atoms with E-state index < -0.39 is 0 Å². The highest BCUT2D eigenvalue weighted by Gasteiger charge is 2.34. The van der Waals surface area contributed by atoms with Gasteiger partial charge in [-0.2, -0.15) is 0 Å². The van der Waals surface area contributed by atoms with Crippen molar-refractivity contribution in [1.82, 2.24) is 10.3 Å². The number of hydrogen-bond acceptors (Lipinski definition) is 5. The van der Waals surface area contributed by atoms with Gasteiger partial charge in [0.25, 0.3) is 0 Å². The lowest BCUT2D eigenvalue weighted by Gasteiger charge is -2.32. The van der Waals surface area contributed by atoms with E-state index in [1.54, 1.807) is 11.3 Å². The van der Waals surface area contributed by atoms with Crippen molar-refractivity contribution in [2.45, 2.75) is 51.0 Å². The molecule has 2 aliphatic heterocycles. The van der Waals surface area contributed by atoms with E-state index in [1.807, 2.05) is 6.92 Å². The van der Waals surface area contributed by atoms with Gasteiger partial charge < -0.3 is 14.8 Å². The van der Waals surface area contributed by atoms with Crippen LogP contribution in [0.4, 0.5) is 0 Å². The van der Waals surface area contributed by atoms with Crippen molar-refractivity contribution in [2.75, 3.05) is 13.2 Å². The summed E-state index contributed by atoms with van der Waals surface area (Å²) in [6.45, 7) is 4.42. The SMILES string of the molecule is Cc1nc(COC[C@@H]2CC[C@@H]3NCC[C@@H]3O2)cs1. The average Bonchev–Trinajstić information content (AvgIpc) is 2.97. The molecule has 0 aliphatic carbocycles. The van der Waals surface area contributed by atoms with E-state index >= 15 is 0 Å². The largest absolute Gasteiger partial charge is 0.372 e. The first-order chi connectivity index (χ1) is 8.81. The summed E-state index contributed by atoms with van der Waals surface area (Å²) in [6.07, 6.45) is 4.14. The van der Waals surface area contributed by atoms with E-state index in [1.165, 1.54) is 6.42 Å². The highest BCUT2D eigenvalue weighted by molar-refractivity contribution is 7.09. The monoisotopic (exact) mass is 268 g/mol. The van der Waals surface area contributed by atoms with Gasteiger partial charge in [0.15, 0.2) is 0 Å². The normalized spacial score (nSPS) is 31.5. The molecule has 0 radical (unpaired) electrons. The summed E-state index contributed by atoms with van der Waals surface area (Å²) in [5, 5.41) is 6.65. The summed E-state index contributed by atoms with van der Waals surface area (Å²) in [5.74, 6) is 0. The Hall–Kier alpha value is -0.490. The Morgan fingerprint density at radius 3 is 3.28 bits per heavy atom. The maximum absolute atomic E-state index is 6.05. The van der Waals surface area contributed by atoms with Gasteiger partial charge >= 0.3 is 0 Å². The third kappa shape index (κ3) is 2.91. The van der Waals surface area contributed by atoms with E-state index in [-0.39, 0.29) is 6.10 Å². The van der Waals surface area contributed by atoms with Crippen LogP contribution in [0.2, 0.25) is 0 Å². The molecule has 18 heavy (non-hydrogen) atoms. The van der Waals surface area contributed by atoms with Crippen LogP contribution in [-0.4, -0.2) is 36.4 Å². The van der Waals surface area contributed by atoms with Crippen molar-refractivity contribution in [3.05, 3.63) is 16.1 Å². The van der Waals surface area contributed by atoms with Crippen molar-refractivity contribution in [3.63, 3.8) is 0 Å². The Morgan fingerprint density at radius 2 is 2.44 bits per heavy atom. The van der Waals surface area contributed by atoms with E-state index in [2.05, 4.69) is 15.7 Å². The predicted molar refractivity (Wildman–Crippen MR) is 70.8 cm³/mol. The molecular weight excluding hydrogens is 248 g/mol. The molecule has 1 N–H and O–H groups in total. The average molecular weight is 268 g/mol. The molecule has 0 spiro atoms. The summed E-state index contributed by atoms with van der Waals surface area (Å²) in [5.41, 5.74) is 1.04. The predicted octanol–water partition coefficient (Wildman–Crippen LogP) is 1.88. The van der Waals surface area contributed by atoms with Crippen molar-refractivity contribution in [1.29, 1.82) is 0 Å². The Balaban J connectivity index is 1.41. The maximum Gasteiger partial charge on any atom is 0.0898 e. The highest BCUT2D eigenvalue weighted by atomic mass is 32.1. The van der Waals surface area contributed by atoms with Crippen LogP contribution in [-0.2, 0) is 16.1 Å².